The zero-order valence-corrected chi connectivity index (χ0v) is 14.2. The molecule has 3 rings (SSSR count). The number of hydrogen-bond acceptors (Lipinski definition) is 3. The van der Waals surface area contributed by atoms with Crippen LogP contribution in [0.2, 0.25) is 0 Å². The second-order valence-corrected chi connectivity index (χ2v) is 6.24. The van der Waals surface area contributed by atoms with Gasteiger partial charge >= 0.3 is 5.97 Å². The summed E-state index contributed by atoms with van der Waals surface area (Å²) in [6.45, 7) is 3.43. The van der Waals surface area contributed by atoms with Crippen LogP contribution >= 0.6 is 0 Å². The summed E-state index contributed by atoms with van der Waals surface area (Å²) in [6, 6.07) is 14.0. The van der Waals surface area contributed by atoms with Crippen molar-refractivity contribution in [3.8, 4) is 0 Å². The van der Waals surface area contributed by atoms with Crippen molar-refractivity contribution in [2.45, 2.75) is 26.0 Å². The maximum absolute atomic E-state index is 12.9. The lowest BCUT2D eigenvalue weighted by molar-refractivity contribution is -0.138. The molecule has 1 fully saturated rings. The van der Waals surface area contributed by atoms with Crippen LogP contribution in [0.3, 0.4) is 0 Å². The molecule has 0 atom stereocenters. The molecule has 4 heteroatoms. The number of benzene rings is 2. The van der Waals surface area contributed by atoms with Crippen LogP contribution in [0.1, 0.15) is 29.5 Å². The fourth-order valence-corrected chi connectivity index (χ4v) is 2.97. The van der Waals surface area contributed by atoms with E-state index >= 15 is 0 Å². The Morgan fingerprint density at radius 1 is 1.04 bits per heavy atom. The molecule has 0 aliphatic carbocycles. The monoisotopic (exact) mass is 339 g/mol. The maximum atomic E-state index is 12.9. The molecule has 2 aromatic rings. The van der Waals surface area contributed by atoms with E-state index in [-0.39, 0.29) is 12.4 Å². The molecule has 0 bridgehead atoms. The van der Waals surface area contributed by atoms with Crippen molar-refractivity contribution in [3.05, 3.63) is 77.1 Å². The Bertz CT molecular complexity index is 734. The van der Waals surface area contributed by atoms with Crippen LogP contribution in [0.4, 0.5) is 4.39 Å². The summed E-state index contributed by atoms with van der Waals surface area (Å²) in [5, 5.41) is 0. The number of halogens is 1. The minimum atomic E-state index is -0.402. The fraction of sp³-hybridized carbons (Fsp3) is 0.286. The zero-order chi connectivity index (χ0) is 17.5. The van der Waals surface area contributed by atoms with Crippen molar-refractivity contribution >= 4 is 12.0 Å². The third-order valence-electron chi connectivity index (χ3n) is 4.36. The molecule has 3 nitrogen and oxygen atoms in total. The van der Waals surface area contributed by atoms with Crippen LogP contribution in [-0.4, -0.2) is 24.0 Å². The quantitative estimate of drug-likeness (QED) is 0.584. The number of carbonyl (C=O) groups excluding carboxylic acids is 1. The SMILES string of the molecule is O=C(C=Cc1ccc(F)cc1)OCc1ccccc1CN1CCCC1. The summed E-state index contributed by atoms with van der Waals surface area (Å²) < 4.78 is 18.2. The highest BCUT2D eigenvalue weighted by Crippen LogP contribution is 2.17. The number of esters is 1. The normalized spacial score (nSPS) is 14.9. The Hall–Kier alpha value is -2.46. The highest BCUT2D eigenvalue weighted by molar-refractivity contribution is 5.87. The molecule has 130 valence electrons. The lowest BCUT2D eigenvalue weighted by atomic mass is 10.1. The number of hydrogen-bond donors (Lipinski definition) is 0. The minimum Gasteiger partial charge on any atom is -0.458 e. The number of carbonyl (C=O) groups is 1. The molecule has 1 aliphatic heterocycles. The van der Waals surface area contributed by atoms with E-state index in [2.05, 4.69) is 11.0 Å². The van der Waals surface area contributed by atoms with E-state index in [0.717, 1.165) is 30.8 Å². The Balaban J connectivity index is 1.55. The van der Waals surface area contributed by atoms with Gasteiger partial charge in [0.05, 0.1) is 0 Å². The average Bonchev–Trinajstić information content (AvgIpc) is 3.13. The van der Waals surface area contributed by atoms with Crippen LogP contribution in [0.5, 0.6) is 0 Å². The van der Waals surface area contributed by atoms with E-state index in [0.29, 0.717) is 0 Å². The van der Waals surface area contributed by atoms with Crippen molar-refractivity contribution in [1.82, 2.24) is 4.90 Å². The van der Waals surface area contributed by atoms with Gasteiger partial charge in [-0.1, -0.05) is 36.4 Å². The molecule has 0 spiro atoms. The standard InChI is InChI=1S/C21H22FNO2/c22-20-10-7-17(8-11-20)9-12-21(24)25-16-19-6-2-1-5-18(19)15-23-13-3-4-14-23/h1-2,5-12H,3-4,13-16H2. The van der Waals surface area contributed by atoms with Crippen LogP contribution in [-0.2, 0) is 22.7 Å². The van der Waals surface area contributed by atoms with E-state index < -0.39 is 5.97 Å². The van der Waals surface area contributed by atoms with Gasteiger partial charge in [-0.15, -0.1) is 0 Å². The van der Waals surface area contributed by atoms with E-state index in [9.17, 15) is 9.18 Å². The van der Waals surface area contributed by atoms with Crippen molar-refractivity contribution in [1.29, 1.82) is 0 Å². The van der Waals surface area contributed by atoms with E-state index in [1.807, 2.05) is 18.2 Å². The van der Waals surface area contributed by atoms with Crippen molar-refractivity contribution in [2.24, 2.45) is 0 Å². The van der Waals surface area contributed by atoms with Gasteiger partial charge in [-0.05, 0) is 60.8 Å². The van der Waals surface area contributed by atoms with Gasteiger partial charge in [0.2, 0.25) is 0 Å². The van der Waals surface area contributed by atoms with Gasteiger partial charge in [0, 0.05) is 12.6 Å². The molecule has 0 amide bonds. The Morgan fingerprint density at radius 3 is 2.44 bits per heavy atom. The number of likely N-dealkylation sites (tertiary alicyclic amines) is 1. The Labute approximate surface area is 147 Å². The Kier molecular flexibility index (Phi) is 5.96. The highest BCUT2D eigenvalue weighted by Gasteiger charge is 2.13. The third-order valence-corrected chi connectivity index (χ3v) is 4.36. The van der Waals surface area contributed by atoms with Gasteiger partial charge in [0.1, 0.15) is 12.4 Å². The van der Waals surface area contributed by atoms with Gasteiger partial charge < -0.3 is 4.74 Å². The lowest BCUT2D eigenvalue weighted by Gasteiger charge is -2.17. The zero-order valence-electron chi connectivity index (χ0n) is 14.2. The van der Waals surface area contributed by atoms with E-state index in [4.69, 9.17) is 4.74 Å². The van der Waals surface area contributed by atoms with Crippen LogP contribution in [0, 0.1) is 5.82 Å². The molecular formula is C21H22FNO2. The highest BCUT2D eigenvalue weighted by atomic mass is 19.1. The summed E-state index contributed by atoms with van der Waals surface area (Å²) in [5.74, 6) is -0.699. The molecule has 25 heavy (non-hydrogen) atoms. The molecule has 1 aliphatic rings. The first kappa shape index (κ1) is 17.4. The molecule has 1 heterocycles. The third kappa shape index (κ3) is 5.26. The predicted molar refractivity (Wildman–Crippen MR) is 96.2 cm³/mol. The van der Waals surface area contributed by atoms with Crippen LogP contribution < -0.4 is 0 Å². The van der Waals surface area contributed by atoms with Gasteiger partial charge in [-0.25, -0.2) is 9.18 Å². The van der Waals surface area contributed by atoms with Gasteiger partial charge in [-0.2, -0.15) is 0 Å². The minimum absolute atomic E-state index is 0.261. The first-order chi connectivity index (χ1) is 12.2. The second kappa shape index (κ2) is 8.58. The second-order valence-electron chi connectivity index (χ2n) is 6.24. The lowest BCUT2D eigenvalue weighted by Crippen LogP contribution is -2.19. The predicted octanol–water partition coefficient (Wildman–Crippen LogP) is 4.18. The molecular weight excluding hydrogens is 317 g/mol. The summed E-state index contributed by atoms with van der Waals surface area (Å²) >= 11 is 0. The van der Waals surface area contributed by atoms with E-state index in [1.54, 1.807) is 18.2 Å². The molecule has 0 aromatic heterocycles. The summed E-state index contributed by atoms with van der Waals surface area (Å²) in [5.41, 5.74) is 3.01. The number of rotatable bonds is 6. The first-order valence-corrected chi connectivity index (χ1v) is 8.60. The van der Waals surface area contributed by atoms with Crippen molar-refractivity contribution in [3.63, 3.8) is 0 Å². The van der Waals surface area contributed by atoms with Crippen LogP contribution in [0.15, 0.2) is 54.6 Å². The summed E-state index contributed by atoms with van der Waals surface area (Å²) in [7, 11) is 0. The molecule has 0 radical (unpaired) electrons. The number of ether oxygens (including phenoxy) is 1. The van der Waals surface area contributed by atoms with Crippen molar-refractivity contribution < 1.29 is 13.9 Å². The molecule has 0 saturated carbocycles. The topological polar surface area (TPSA) is 29.5 Å². The molecule has 2 aromatic carbocycles. The molecule has 0 N–H and O–H groups in total. The van der Waals surface area contributed by atoms with Gasteiger partial charge in [0.25, 0.3) is 0 Å². The fourth-order valence-electron chi connectivity index (χ4n) is 2.97. The molecule has 0 unspecified atom stereocenters. The van der Waals surface area contributed by atoms with Crippen LogP contribution in [0.25, 0.3) is 6.08 Å². The summed E-state index contributed by atoms with van der Waals surface area (Å²) in [6.07, 6.45) is 5.50. The molecule has 1 saturated heterocycles. The van der Waals surface area contributed by atoms with Crippen molar-refractivity contribution in [2.75, 3.05) is 13.1 Å². The van der Waals surface area contributed by atoms with Gasteiger partial charge in [-0.3, -0.25) is 4.90 Å². The Morgan fingerprint density at radius 2 is 1.72 bits per heavy atom. The summed E-state index contributed by atoms with van der Waals surface area (Å²) in [4.78, 5) is 14.3. The maximum Gasteiger partial charge on any atom is 0.331 e. The van der Waals surface area contributed by atoms with E-state index in [1.165, 1.54) is 36.6 Å². The smallest absolute Gasteiger partial charge is 0.331 e. The average molecular weight is 339 g/mol. The largest absolute Gasteiger partial charge is 0.458 e. The number of nitrogens with zero attached hydrogens (tertiary/aromatic N) is 1. The first-order valence-electron chi connectivity index (χ1n) is 8.60. The van der Waals surface area contributed by atoms with Gasteiger partial charge in [0.15, 0.2) is 0 Å².